The minimum Gasteiger partial charge on any atom is -0.465 e. The number of rotatable bonds is 4. The zero-order valence-electron chi connectivity index (χ0n) is 21.1. The highest BCUT2D eigenvalue weighted by Crippen LogP contribution is 2.39. The maximum Gasteiger partial charge on any atom is 0.311 e. The van der Waals surface area contributed by atoms with E-state index in [1.54, 1.807) is 11.3 Å². The zero-order chi connectivity index (χ0) is 25.3. The Morgan fingerprint density at radius 1 is 1.17 bits per heavy atom. The van der Waals surface area contributed by atoms with Crippen LogP contribution >= 0.6 is 11.3 Å². The Balaban J connectivity index is 1.79. The van der Waals surface area contributed by atoms with Gasteiger partial charge in [0.25, 0.3) is 0 Å². The number of benzene rings is 1. The Labute approximate surface area is 210 Å². The Morgan fingerprint density at radius 2 is 1.89 bits per heavy atom. The van der Waals surface area contributed by atoms with Gasteiger partial charge in [0, 0.05) is 28.0 Å². The van der Waals surface area contributed by atoms with Crippen LogP contribution in [0.3, 0.4) is 0 Å². The first kappa shape index (κ1) is 24.8. The second-order valence-corrected chi connectivity index (χ2v) is 10.9. The van der Waals surface area contributed by atoms with Gasteiger partial charge in [-0.15, -0.1) is 21.5 Å². The predicted octanol–water partition coefficient (Wildman–Crippen LogP) is 4.44. The number of thiophene rings is 1. The van der Waals surface area contributed by atoms with E-state index >= 15 is 0 Å². The normalized spacial score (nSPS) is 14.8. The molecule has 8 heteroatoms. The summed E-state index contributed by atoms with van der Waals surface area (Å²) in [7, 11) is 0. The van der Waals surface area contributed by atoms with Gasteiger partial charge in [-0.2, -0.15) is 0 Å². The lowest BCUT2D eigenvalue weighted by atomic mass is 9.97. The fraction of sp³-hybridized carbons (Fsp3) is 0.407. The van der Waals surface area contributed by atoms with Crippen molar-refractivity contribution in [3.8, 4) is 16.8 Å². The SMILES string of the molecule is Cc1sc2c(c1C)C(c1ccc(C#CCN)cc1)=N[C@@H](CCOC(=O)C(C)(C)C)c1nnc(C)n1-2. The van der Waals surface area contributed by atoms with E-state index in [0.29, 0.717) is 13.0 Å². The van der Waals surface area contributed by atoms with Crippen LogP contribution in [0.1, 0.15) is 72.0 Å². The number of aryl methyl sites for hydroxylation is 2. The van der Waals surface area contributed by atoms with Crippen LogP contribution in [0.4, 0.5) is 0 Å². The molecule has 0 fully saturated rings. The first-order valence-electron chi connectivity index (χ1n) is 11.7. The molecule has 0 aliphatic carbocycles. The van der Waals surface area contributed by atoms with Crippen molar-refractivity contribution in [2.24, 2.45) is 16.1 Å². The molecule has 0 unspecified atom stereocenters. The van der Waals surface area contributed by atoms with E-state index in [0.717, 1.165) is 39.1 Å². The molecule has 0 bridgehead atoms. The van der Waals surface area contributed by atoms with Crippen LogP contribution in [-0.4, -0.2) is 39.6 Å². The van der Waals surface area contributed by atoms with Crippen LogP contribution in [0.2, 0.25) is 0 Å². The first-order valence-corrected chi connectivity index (χ1v) is 12.5. The number of hydrogen-bond donors (Lipinski definition) is 1. The van der Waals surface area contributed by atoms with Crippen molar-refractivity contribution in [2.75, 3.05) is 13.2 Å². The van der Waals surface area contributed by atoms with Gasteiger partial charge in [-0.05, 0) is 59.2 Å². The van der Waals surface area contributed by atoms with Crippen LogP contribution in [0.15, 0.2) is 29.3 Å². The Bertz CT molecular complexity index is 1350. The predicted molar refractivity (Wildman–Crippen MR) is 139 cm³/mol. The van der Waals surface area contributed by atoms with Gasteiger partial charge >= 0.3 is 5.97 Å². The molecule has 0 saturated carbocycles. The fourth-order valence-electron chi connectivity index (χ4n) is 3.93. The first-order chi connectivity index (χ1) is 16.6. The summed E-state index contributed by atoms with van der Waals surface area (Å²) in [6, 6.07) is 7.77. The van der Waals surface area contributed by atoms with Gasteiger partial charge in [-0.1, -0.05) is 24.0 Å². The monoisotopic (exact) mass is 489 g/mol. The van der Waals surface area contributed by atoms with Gasteiger partial charge in [0.2, 0.25) is 0 Å². The van der Waals surface area contributed by atoms with Gasteiger partial charge in [0.15, 0.2) is 5.82 Å². The molecule has 35 heavy (non-hydrogen) atoms. The molecule has 2 aromatic heterocycles. The Hall–Kier alpha value is -3.28. The lowest BCUT2D eigenvalue weighted by molar-refractivity contribution is -0.153. The number of nitrogens with zero attached hydrogens (tertiary/aromatic N) is 4. The highest BCUT2D eigenvalue weighted by molar-refractivity contribution is 7.15. The maximum atomic E-state index is 12.3. The standard InChI is InChI=1S/C27H31N5O2S/c1-16-17(2)35-25-22(16)23(20-11-9-19(10-12-20)8-7-14-28)29-21(24-31-30-18(3)32(24)25)13-15-34-26(33)27(4,5)6/h9-12,21H,13-15,28H2,1-6H3/t21-/m0/s1. The van der Waals surface area contributed by atoms with Gasteiger partial charge in [-0.25, -0.2) is 0 Å². The molecule has 4 rings (SSSR count). The van der Waals surface area contributed by atoms with E-state index in [1.165, 1.54) is 10.4 Å². The lowest BCUT2D eigenvalue weighted by Gasteiger charge is -2.18. The summed E-state index contributed by atoms with van der Waals surface area (Å²) in [5.74, 6) is 7.31. The molecule has 0 radical (unpaired) electrons. The third kappa shape index (κ3) is 4.93. The van der Waals surface area contributed by atoms with Crippen molar-refractivity contribution >= 4 is 23.0 Å². The van der Waals surface area contributed by atoms with Crippen LogP contribution in [0.25, 0.3) is 5.00 Å². The molecule has 0 spiro atoms. The van der Waals surface area contributed by atoms with Crippen LogP contribution in [-0.2, 0) is 9.53 Å². The number of hydrogen-bond acceptors (Lipinski definition) is 7. The minimum atomic E-state index is -0.554. The maximum absolute atomic E-state index is 12.3. The molecule has 3 aromatic rings. The second kappa shape index (κ2) is 9.76. The quantitative estimate of drug-likeness (QED) is 0.432. The largest absolute Gasteiger partial charge is 0.465 e. The van der Waals surface area contributed by atoms with Crippen LogP contribution in [0.5, 0.6) is 0 Å². The van der Waals surface area contributed by atoms with E-state index < -0.39 is 5.41 Å². The van der Waals surface area contributed by atoms with Gasteiger partial charge < -0.3 is 10.5 Å². The van der Waals surface area contributed by atoms with Crippen molar-refractivity contribution in [3.05, 3.63) is 63.0 Å². The molecule has 7 nitrogen and oxygen atoms in total. The summed E-state index contributed by atoms with van der Waals surface area (Å²) in [5.41, 5.74) is 10.0. The summed E-state index contributed by atoms with van der Waals surface area (Å²) in [6.45, 7) is 12.3. The summed E-state index contributed by atoms with van der Waals surface area (Å²) >= 11 is 1.72. The lowest BCUT2D eigenvalue weighted by Crippen LogP contribution is -2.24. The van der Waals surface area contributed by atoms with E-state index in [1.807, 2.05) is 52.0 Å². The molecule has 1 aliphatic rings. The number of ether oxygens (including phenoxy) is 1. The average molecular weight is 490 g/mol. The molecule has 1 aromatic carbocycles. The number of aliphatic imine (C=N–C) groups is 1. The third-order valence-electron chi connectivity index (χ3n) is 5.97. The van der Waals surface area contributed by atoms with Crippen molar-refractivity contribution in [1.82, 2.24) is 14.8 Å². The molecule has 3 heterocycles. The van der Waals surface area contributed by atoms with Gasteiger partial charge in [0.1, 0.15) is 16.9 Å². The van der Waals surface area contributed by atoms with E-state index in [9.17, 15) is 4.79 Å². The van der Waals surface area contributed by atoms with Crippen molar-refractivity contribution in [1.29, 1.82) is 0 Å². The van der Waals surface area contributed by atoms with Crippen molar-refractivity contribution in [2.45, 2.75) is 54.0 Å². The minimum absolute atomic E-state index is 0.229. The molecular formula is C27H31N5O2S. The third-order valence-corrected chi connectivity index (χ3v) is 7.16. The average Bonchev–Trinajstić information content (AvgIpc) is 3.29. The second-order valence-electron chi connectivity index (χ2n) is 9.66. The summed E-state index contributed by atoms with van der Waals surface area (Å²) in [6.07, 6.45) is 0.510. The van der Waals surface area contributed by atoms with Crippen molar-refractivity contribution < 1.29 is 9.53 Å². The van der Waals surface area contributed by atoms with E-state index in [2.05, 4.69) is 40.5 Å². The molecule has 182 valence electrons. The molecule has 1 aliphatic heterocycles. The Morgan fingerprint density at radius 3 is 2.54 bits per heavy atom. The molecular weight excluding hydrogens is 458 g/mol. The molecule has 0 saturated heterocycles. The number of nitrogens with two attached hydrogens (primary N) is 1. The summed E-state index contributed by atoms with van der Waals surface area (Å²) < 4.78 is 7.68. The van der Waals surface area contributed by atoms with Gasteiger partial charge in [-0.3, -0.25) is 14.4 Å². The molecule has 2 N–H and O–H groups in total. The summed E-state index contributed by atoms with van der Waals surface area (Å²) in [4.78, 5) is 18.8. The highest BCUT2D eigenvalue weighted by Gasteiger charge is 2.32. The van der Waals surface area contributed by atoms with Crippen molar-refractivity contribution in [3.63, 3.8) is 0 Å². The molecule has 0 amide bonds. The highest BCUT2D eigenvalue weighted by atomic mass is 32.1. The Kier molecular flexibility index (Phi) is 6.93. The smallest absolute Gasteiger partial charge is 0.311 e. The van der Waals surface area contributed by atoms with Gasteiger partial charge in [0.05, 0.1) is 24.3 Å². The van der Waals surface area contributed by atoms with Crippen LogP contribution in [0, 0.1) is 38.0 Å². The van der Waals surface area contributed by atoms with Crippen LogP contribution < -0.4 is 5.73 Å². The number of fused-ring (bicyclic) bond motifs is 3. The topological polar surface area (TPSA) is 95.4 Å². The zero-order valence-corrected chi connectivity index (χ0v) is 21.9. The molecule has 1 atom stereocenters. The fourth-order valence-corrected chi connectivity index (χ4v) is 5.14. The van der Waals surface area contributed by atoms with E-state index in [-0.39, 0.29) is 18.6 Å². The number of esters is 1. The summed E-state index contributed by atoms with van der Waals surface area (Å²) in [5, 5.41) is 9.93. The number of carbonyl (C=O) groups is 1. The number of carbonyl (C=O) groups excluding carboxylic acids is 1. The number of aromatic nitrogens is 3. The van der Waals surface area contributed by atoms with E-state index in [4.69, 9.17) is 15.5 Å².